The van der Waals surface area contributed by atoms with Gasteiger partial charge in [-0.25, -0.2) is 17.7 Å². The monoisotopic (exact) mass is 761 g/mol. The number of carbonyl (C=O) groups is 2. The fourth-order valence-electron chi connectivity index (χ4n) is 6.85. The number of carbonyl (C=O) groups excluding carboxylic acids is 2. The van der Waals surface area contributed by atoms with E-state index >= 15 is 4.39 Å². The van der Waals surface area contributed by atoms with E-state index in [1.807, 2.05) is 146 Å². The van der Waals surface area contributed by atoms with Crippen LogP contribution < -0.4 is 5.32 Å². The summed E-state index contributed by atoms with van der Waals surface area (Å²) in [7, 11) is -1.52. The van der Waals surface area contributed by atoms with Crippen molar-refractivity contribution in [2.75, 3.05) is 25.0 Å². The van der Waals surface area contributed by atoms with Crippen molar-refractivity contribution >= 4 is 28.7 Å². The molecule has 1 aliphatic rings. The van der Waals surface area contributed by atoms with Gasteiger partial charge in [0.25, 0.3) is 5.91 Å². The summed E-state index contributed by atoms with van der Waals surface area (Å²) in [5, 5.41) is 3.05. The number of benzene rings is 5. The Morgan fingerprint density at radius 2 is 1.38 bits per heavy atom. The first kappa shape index (κ1) is 39.5. The zero-order valence-corrected chi connectivity index (χ0v) is 32.3. The molecule has 5 aromatic rings. The second kappa shape index (κ2) is 18.4. The minimum absolute atomic E-state index is 0.190. The Hall–Kier alpha value is -5.16. The van der Waals surface area contributed by atoms with E-state index in [9.17, 15) is 13.8 Å². The number of nitrogens with zero attached hydrogens (tertiary/aromatic N) is 2. The molecule has 1 N–H and O–H groups in total. The summed E-state index contributed by atoms with van der Waals surface area (Å²) >= 11 is 0. The van der Waals surface area contributed by atoms with E-state index in [0.717, 1.165) is 16.7 Å². The van der Waals surface area contributed by atoms with Gasteiger partial charge < -0.3 is 19.7 Å². The predicted octanol–water partition coefficient (Wildman–Crippen LogP) is 8.76. The van der Waals surface area contributed by atoms with Crippen LogP contribution in [0.25, 0.3) is 0 Å². The highest BCUT2D eigenvalue weighted by Crippen LogP contribution is 2.33. The maximum Gasteiger partial charge on any atom is 0.410 e. The van der Waals surface area contributed by atoms with Gasteiger partial charge in [-0.3, -0.25) is 4.79 Å². The van der Waals surface area contributed by atoms with Crippen molar-refractivity contribution in [1.82, 2.24) is 9.21 Å². The third-order valence-electron chi connectivity index (χ3n) is 9.49. The fraction of sp³-hybridized carbons (Fsp3) is 0.289. The molecule has 2 amide bonds. The van der Waals surface area contributed by atoms with Gasteiger partial charge in [-0.05, 0) is 74.6 Å². The summed E-state index contributed by atoms with van der Waals surface area (Å²) in [6.07, 6.45) is -0.875. The van der Waals surface area contributed by atoms with E-state index in [1.54, 1.807) is 17.0 Å². The number of nitrogens with one attached hydrogen (secondary N) is 1. The molecule has 3 atom stereocenters. The average Bonchev–Trinajstić information content (AvgIpc) is 3.19. The van der Waals surface area contributed by atoms with Gasteiger partial charge in [0, 0.05) is 42.8 Å². The maximum atomic E-state index is 15.9. The molecule has 1 fully saturated rings. The van der Waals surface area contributed by atoms with Crippen molar-refractivity contribution in [3.63, 3.8) is 0 Å². The SMILES string of the molecule is CC(C)(C)OC(=O)N1CCN(S(=O)c2ccccc2)[C@@H](CCc2c(F)cccc2NC(=O)C(OCc2ccccc2)C(c2ccccc2)c2ccccc2)C1. The van der Waals surface area contributed by atoms with E-state index in [0.29, 0.717) is 35.7 Å². The quantitative estimate of drug-likeness (QED) is 0.130. The zero-order chi connectivity index (χ0) is 38.8. The van der Waals surface area contributed by atoms with Crippen molar-refractivity contribution in [3.05, 3.63) is 168 Å². The van der Waals surface area contributed by atoms with E-state index in [4.69, 9.17) is 9.47 Å². The largest absolute Gasteiger partial charge is 0.444 e. The molecule has 10 heteroatoms. The van der Waals surface area contributed by atoms with Gasteiger partial charge in [-0.1, -0.05) is 115 Å². The Labute approximate surface area is 325 Å². The van der Waals surface area contributed by atoms with Crippen molar-refractivity contribution in [2.45, 2.75) is 68.8 Å². The minimum atomic E-state index is -1.52. The predicted molar refractivity (Wildman–Crippen MR) is 214 cm³/mol. The second-order valence-electron chi connectivity index (χ2n) is 14.6. The molecule has 0 saturated carbocycles. The van der Waals surface area contributed by atoms with E-state index < -0.39 is 52.5 Å². The first-order chi connectivity index (χ1) is 26.6. The smallest absolute Gasteiger partial charge is 0.410 e. The summed E-state index contributed by atoms with van der Waals surface area (Å²) < 4.78 is 43.8. The molecule has 5 aromatic carbocycles. The number of rotatable bonds is 13. The van der Waals surface area contributed by atoms with Gasteiger partial charge in [-0.2, -0.15) is 0 Å². The summed E-state index contributed by atoms with van der Waals surface area (Å²) in [4.78, 5) is 30.0. The molecule has 55 heavy (non-hydrogen) atoms. The molecule has 1 aliphatic heterocycles. The Balaban J connectivity index is 1.28. The number of halogens is 1. The Morgan fingerprint density at radius 1 is 0.800 bits per heavy atom. The van der Waals surface area contributed by atoms with Crippen LogP contribution >= 0.6 is 0 Å². The molecule has 8 nitrogen and oxygen atoms in total. The number of hydrogen-bond acceptors (Lipinski definition) is 5. The molecule has 286 valence electrons. The highest BCUT2D eigenvalue weighted by atomic mass is 32.2. The van der Waals surface area contributed by atoms with Crippen LogP contribution in [0.1, 0.15) is 55.4 Å². The molecule has 0 aromatic heterocycles. The van der Waals surface area contributed by atoms with Crippen LogP contribution in [0.4, 0.5) is 14.9 Å². The van der Waals surface area contributed by atoms with Crippen LogP contribution in [0, 0.1) is 5.82 Å². The van der Waals surface area contributed by atoms with Gasteiger partial charge in [0.1, 0.15) is 28.5 Å². The van der Waals surface area contributed by atoms with Gasteiger partial charge in [-0.15, -0.1) is 0 Å². The van der Waals surface area contributed by atoms with Crippen molar-refractivity contribution in [3.8, 4) is 0 Å². The summed E-state index contributed by atoms with van der Waals surface area (Å²) in [6.45, 7) is 6.55. The topological polar surface area (TPSA) is 88.2 Å². The number of anilines is 1. The molecule has 1 heterocycles. The molecule has 1 saturated heterocycles. The molecule has 0 spiro atoms. The zero-order valence-electron chi connectivity index (χ0n) is 31.5. The first-order valence-corrected chi connectivity index (χ1v) is 19.7. The lowest BCUT2D eigenvalue weighted by atomic mass is 9.86. The van der Waals surface area contributed by atoms with Crippen molar-refractivity contribution in [1.29, 1.82) is 0 Å². The van der Waals surface area contributed by atoms with Crippen LogP contribution in [-0.2, 0) is 38.3 Å². The van der Waals surface area contributed by atoms with Gasteiger partial charge >= 0.3 is 6.09 Å². The van der Waals surface area contributed by atoms with Crippen molar-refractivity contribution in [2.24, 2.45) is 0 Å². The van der Waals surface area contributed by atoms with Crippen LogP contribution in [0.5, 0.6) is 0 Å². The van der Waals surface area contributed by atoms with Gasteiger partial charge in [0.05, 0.1) is 11.5 Å². The summed E-state index contributed by atoms with van der Waals surface area (Å²) in [5.41, 5.74) is 2.68. The molecule has 0 bridgehead atoms. The van der Waals surface area contributed by atoms with E-state index in [1.165, 1.54) is 6.07 Å². The van der Waals surface area contributed by atoms with Gasteiger partial charge in [0.15, 0.2) is 0 Å². The van der Waals surface area contributed by atoms with Crippen LogP contribution in [0.15, 0.2) is 144 Å². The first-order valence-electron chi connectivity index (χ1n) is 18.6. The molecule has 6 rings (SSSR count). The van der Waals surface area contributed by atoms with E-state index in [2.05, 4.69) is 5.32 Å². The summed E-state index contributed by atoms with van der Waals surface area (Å²) in [6, 6.07) is 42.6. The van der Waals surface area contributed by atoms with Crippen LogP contribution in [0.3, 0.4) is 0 Å². The molecule has 0 aliphatic carbocycles. The lowest BCUT2D eigenvalue weighted by Gasteiger charge is -2.40. The lowest BCUT2D eigenvalue weighted by Crippen LogP contribution is -2.55. The third kappa shape index (κ3) is 10.5. The number of piperazine rings is 1. The normalized spacial score (nSPS) is 16.0. The molecule has 0 radical (unpaired) electrons. The van der Waals surface area contributed by atoms with Crippen LogP contribution in [0.2, 0.25) is 0 Å². The number of amides is 2. The van der Waals surface area contributed by atoms with Crippen LogP contribution in [-0.4, -0.2) is 62.8 Å². The number of hydrogen-bond donors (Lipinski definition) is 1. The lowest BCUT2D eigenvalue weighted by molar-refractivity contribution is -0.129. The van der Waals surface area contributed by atoms with E-state index in [-0.39, 0.29) is 19.6 Å². The second-order valence-corrected chi connectivity index (χ2v) is 16.0. The van der Waals surface area contributed by atoms with Crippen molar-refractivity contribution < 1.29 is 27.7 Å². The Morgan fingerprint density at radius 3 is 1.98 bits per heavy atom. The average molecular weight is 762 g/mol. The number of ether oxygens (including phenoxy) is 2. The summed E-state index contributed by atoms with van der Waals surface area (Å²) in [5.74, 6) is -1.36. The standard InChI is InChI=1S/C45H48FN3O5S/c1-45(2,3)54-44(51)48-29-30-49(55(52)37-23-14-7-15-24-37)36(31-48)27-28-38-39(46)25-16-26-40(38)47-43(50)42(53-32-33-17-8-4-9-18-33)41(34-19-10-5-11-20-34)35-21-12-6-13-22-35/h4-26,36,41-42H,27-32H2,1-3H3,(H,47,50)/t36-,42?,55?/m0/s1. The molecule has 2 unspecified atom stereocenters. The molecular formula is C45H48FN3O5S. The molecular weight excluding hydrogens is 714 g/mol. The Bertz CT molecular complexity index is 1990. The maximum absolute atomic E-state index is 15.9. The highest BCUT2D eigenvalue weighted by Gasteiger charge is 2.36. The highest BCUT2D eigenvalue weighted by molar-refractivity contribution is 7.82. The van der Waals surface area contributed by atoms with Gasteiger partial charge in [0.2, 0.25) is 0 Å². The minimum Gasteiger partial charge on any atom is -0.444 e. The Kier molecular flexibility index (Phi) is 13.3. The third-order valence-corrected chi connectivity index (χ3v) is 11.1. The fourth-order valence-corrected chi connectivity index (χ4v) is 8.20.